The number of ether oxygens (including phenoxy) is 1. The lowest BCUT2D eigenvalue weighted by atomic mass is 9.77. The molecule has 1 heterocycles. The average Bonchev–Trinajstić information content (AvgIpc) is 3.01. The molecule has 4 nitrogen and oxygen atoms in total. The Balaban J connectivity index is 2.06. The summed E-state index contributed by atoms with van der Waals surface area (Å²) in [4.78, 5) is 11.5. The molecular formula is C13H23NO3. The standard InChI is InChI=1S/C13H23NO3/c1-12(2)6-5-10(17-12)7-13(8-14,11(15)16)9-3-4-9/h9-10H,3-8,14H2,1-2H3,(H,15,16). The zero-order chi connectivity index (χ0) is 12.7. The summed E-state index contributed by atoms with van der Waals surface area (Å²) in [5.74, 6) is -0.479. The van der Waals surface area contributed by atoms with Crippen LogP contribution in [-0.2, 0) is 9.53 Å². The van der Waals surface area contributed by atoms with Gasteiger partial charge in [0.2, 0.25) is 0 Å². The van der Waals surface area contributed by atoms with E-state index < -0.39 is 11.4 Å². The highest BCUT2D eigenvalue weighted by atomic mass is 16.5. The van der Waals surface area contributed by atoms with Crippen molar-refractivity contribution >= 4 is 5.97 Å². The Hall–Kier alpha value is -0.610. The maximum Gasteiger partial charge on any atom is 0.311 e. The Morgan fingerprint density at radius 2 is 2.12 bits per heavy atom. The van der Waals surface area contributed by atoms with Crippen LogP contribution in [0.15, 0.2) is 0 Å². The first-order valence-electron chi connectivity index (χ1n) is 6.51. The van der Waals surface area contributed by atoms with Crippen LogP contribution in [0, 0.1) is 11.3 Å². The van der Waals surface area contributed by atoms with E-state index in [0.29, 0.717) is 6.42 Å². The third kappa shape index (κ3) is 2.47. The Kier molecular flexibility index (Phi) is 3.21. The highest BCUT2D eigenvalue weighted by Crippen LogP contribution is 2.50. The van der Waals surface area contributed by atoms with Crippen molar-refractivity contribution in [1.29, 1.82) is 0 Å². The van der Waals surface area contributed by atoms with Crippen molar-refractivity contribution in [2.24, 2.45) is 17.1 Å². The molecule has 1 saturated carbocycles. The van der Waals surface area contributed by atoms with Gasteiger partial charge >= 0.3 is 5.97 Å². The molecule has 98 valence electrons. The van der Waals surface area contributed by atoms with E-state index in [1.165, 1.54) is 0 Å². The molecule has 4 heteroatoms. The normalized spacial score (nSPS) is 31.1. The molecule has 2 rings (SSSR count). The monoisotopic (exact) mass is 241 g/mol. The predicted octanol–water partition coefficient (Wildman–Crippen LogP) is 1.77. The molecule has 2 atom stereocenters. The lowest BCUT2D eigenvalue weighted by Gasteiger charge is -2.31. The van der Waals surface area contributed by atoms with Gasteiger partial charge in [-0.1, -0.05) is 0 Å². The molecule has 0 radical (unpaired) electrons. The zero-order valence-corrected chi connectivity index (χ0v) is 10.7. The summed E-state index contributed by atoms with van der Waals surface area (Å²) in [5, 5.41) is 9.49. The topological polar surface area (TPSA) is 72.6 Å². The minimum atomic E-state index is -0.745. The van der Waals surface area contributed by atoms with E-state index in [1.807, 2.05) is 0 Å². The van der Waals surface area contributed by atoms with Gasteiger partial charge in [-0.05, 0) is 51.9 Å². The van der Waals surface area contributed by atoms with Gasteiger partial charge in [0.1, 0.15) is 0 Å². The molecule has 2 fully saturated rings. The van der Waals surface area contributed by atoms with Crippen molar-refractivity contribution < 1.29 is 14.6 Å². The van der Waals surface area contributed by atoms with E-state index in [9.17, 15) is 9.90 Å². The number of aliphatic carboxylic acids is 1. The SMILES string of the molecule is CC1(C)CCC(CC(CN)(C(=O)O)C2CC2)O1. The molecule has 1 saturated heterocycles. The molecule has 0 bridgehead atoms. The first-order chi connectivity index (χ1) is 7.89. The molecule has 2 aliphatic rings. The van der Waals surface area contributed by atoms with Crippen LogP contribution in [0.4, 0.5) is 0 Å². The van der Waals surface area contributed by atoms with E-state index in [0.717, 1.165) is 25.7 Å². The number of hydrogen-bond donors (Lipinski definition) is 2. The van der Waals surface area contributed by atoms with Crippen LogP contribution < -0.4 is 5.73 Å². The Labute approximate surface area is 103 Å². The number of hydrogen-bond acceptors (Lipinski definition) is 3. The number of nitrogens with two attached hydrogens (primary N) is 1. The second-order valence-corrected chi connectivity index (χ2v) is 6.18. The van der Waals surface area contributed by atoms with Crippen molar-refractivity contribution in [2.75, 3.05) is 6.54 Å². The largest absolute Gasteiger partial charge is 0.481 e. The van der Waals surface area contributed by atoms with Gasteiger partial charge in [-0.15, -0.1) is 0 Å². The molecule has 1 aliphatic carbocycles. The van der Waals surface area contributed by atoms with Gasteiger partial charge < -0.3 is 15.6 Å². The van der Waals surface area contributed by atoms with Crippen molar-refractivity contribution in [2.45, 2.75) is 57.7 Å². The summed E-state index contributed by atoms with van der Waals surface area (Å²) >= 11 is 0. The van der Waals surface area contributed by atoms with E-state index in [2.05, 4.69) is 13.8 Å². The van der Waals surface area contributed by atoms with Crippen LogP contribution in [0.5, 0.6) is 0 Å². The minimum absolute atomic E-state index is 0.0604. The van der Waals surface area contributed by atoms with Crippen LogP contribution in [0.3, 0.4) is 0 Å². The van der Waals surface area contributed by atoms with E-state index in [-0.39, 0.29) is 24.2 Å². The third-order valence-electron chi connectivity index (χ3n) is 4.30. The van der Waals surface area contributed by atoms with Crippen LogP contribution in [0.25, 0.3) is 0 Å². The van der Waals surface area contributed by atoms with E-state index >= 15 is 0 Å². The summed E-state index contributed by atoms with van der Waals surface area (Å²) in [6.45, 7) is 4.36. The highest BCUT2D eigenvalue weighted by molar-refractivity contribution is 5.76. The first-order valence-corrected chi connectivity index (χ1v) is 6.51. The average molecular weight is 241 g/mol. The first kappa shape index (κ1) is 12.8. The van der Waals surface area contributed by atoms with E-state index in [1.54, 1.807) is 0 Å². The van der Waals surface area contributed by atoms with Gasteiger partial charge in [0.05, 0.1) is 17.1 Å². The van der Waals surface area contributed by atoms with Gasteiger partial charge in [-0.2, -0.15) is 0 Å². The molecule has 0 aromatic rings. The van der Waals surface area contributed by atoms with Gasteiger partial charge in [0, 0.05) is 6.54 Å². The van der Waals surface area contributed by atoms with Gasteiger partial charge in [-0.3, -0.25) is 4.79 Å². The van der Waals surface area contributed by atoms with Gasteiger partial charge in [0.15, 0.2) is 0 Å². The third-order valence-corrected chi connectivity index (χ3v) is 4.30. The lowest BCUT2D eigenvalue weighted by molar-refractivity contribution is -0.153. The Bertz CT molecular complexity index is 312. The number of carboxylic acid groups (broad SMARTS) is 1. The lowest BCUT2D eigenvalue weighted by Crippen LogP contribution is -2.43. The summed E-state index contributed by atoms with van der Waals surface area (Å²) in [7, 11) is 0. The van der Waals surface area contributed by atoms with E-state index in [4.69, 9.17) is 10.5 Å². The molecular weight excluding hydrogens is 218 g/mol. The van der Waals surface area contributed by atoms with Crippen LogP contribution >= 0.6 is 0 Å². The second kappa shape index (κ2) is 4.25. The smallest absolute Gasteiger partial charge is 0.311 e. The number of carbonyl (C=O) groups is 1. The summed E-state index contributed by atoms with van der Waals surface area (Å²) in [6, 6.07) is 0. The molecule has 0 spiro atoms. The Morgan fingerprint density at radius 1 is 1.47 bits per heavy atom. The van der Waals surface area contributed by atoms with Crippen molar-refractivity contribution in [3.8, 4) is 0 Å². The molecule has 17 heavy (non-hydrogen) atoms. The molecule has 1 aliphatic heterocycles. The van der Waals surface area contributed by atoms with Crippen LogP contribution in [0.2, 0.25) is 0 Å². The van der Waals surface area contributed by atoms with Crippen LogP contribution in [-0.4, -0.2) is 29.3 Å². The molecule has 2 unspecified atom stereocenters. The predicted molar refractivity (Wildman–Crippen MR) is 64.7 cm³/mol. The molecule has 0 aromatic heterocycles. The fourth-order valence-corrected chi connectivity index (χ4v) is 3.03. The Morgan fingerprint density at radius 3 is 2.47 bits per heavy atom. The highest BCUT2D eigenvalue weighted by Gasteiger charge is 2.52. The quantitative estimate of drug-likeness (QED) is 0.769. The molecule has 3 N–H and O–H groups in total. The van der Waals surface area contributed by atoms with Crippen molar-refractivity contribution in [1.82, 2.24) is 0 Å². The fraction of sp³-hybridized carbons (Fsp3) is 0.923. The van der Waals surface area contributed by atoms with Crippen molar-refractivity contribution in [3.63, 3.8) is 0 Å². The van der Waals surface area contributed by atoms with Crippen molar-refractivity contribution in [3.05, 3.63) is 0 Å². The summed E-state index contributed by atoms with van der Waals surface area (Å²) in [5.41, 5.74) is 4.91. The maximum atomic E-state index is 11.5. The number of carboxylic acids is 1. The second-order valence-electron chi connectivity index (χ2n) is 6.18. The van der Waals surface area contributed by atoms with Crippen LogP contribution in [0.1, 0.15) is 46.0 Å². The summed E-state index contributed by atoms with van der Waals surface area (Å²) < 4.78 is 5.92. The molecule has 0 aromatic carbocycles. The minimum Gasteiger partial charge on any atom is -0.481 e. The summed E-state index contributed by atoms with van der Waals surface area (Å²) in [6.07, 6.45) is 4.59. The maximum absolute atomic E-state index is 11.5. The number of rotatable bonds is 5. The zero-order valence-electron chi connectivity index (χ0n) is 10.7. The van der Waals surface area contributed by atoms with Gasteiger partial charge in [-0.25, -0.2) is 0 Å². The fourth-order valence-electron chi connectivity index (χ4n) is 3.03. The molecule has 0 amide bonds. The van der Waals surface area contributed by atoms with Gasteiger partial charge in [0.25, 0.3) is 0 Å².